The lowest BCUT2D eigenvalue weighted by Gasteiger charge is -2.14. The van der Waals surface area contributed by atoms with E-state index in [2.05, 4.69) is 20.7 Å². The van der Waals surface area contributed by atoms with Crippen LogP contribution in [0, 0.1) is 11.7 Å². The highest BCUT2D eigenvalue weighted by molar-refractivity contribution is 9.10. The highest BCUT2D eigenvalue weighted by atomic mass is 79.9. The first-order chi connectivity index (χ1) is 9.26. The average Bonchev–Trinajstić information content (AvgIpc) is 2.33. The summed E-state index contributed by atoms with van der Waals surface area (Å²) in [4.78, 5) is 10.2. The predicted molar refractivity (Wildman–Crippen MR) is 75.3 cm³/mol. The molecule has 1 aromatic carbocycles. The fourth-order valence-corrected chi connectivity index (χ4v) is 3.11. The topological polar surface area (TPSA) is 83.5 Å². The maximum Gasteiger partial charge on any atom is 0.303 e. The van der Waals surface area contributed by atoms with Crippen molar-refractivity contribution >= 4 is 31.9 Å². The molecule has 0 radical (unpaired) electrons. The number of hydrogen-bond donors (Lipinski definition) is 2. The minimum Gasteiger partial charge on any atom is -0.481 e. The molecule has 0 spiro atoms. The maximum atomic E-state index is 13.6. The molecule has 0 fully saturated rings. The number of benzene rings is 1. The molecule has 0 amide bonds. The van der Waals surface area contributed by atoms with Crippen LogP contribution in [-0.4, -0.2) is 26.0 Å². The van der Waals surface area contributed by atoms with Crippen LogP contribution >= 0.6 is 15.9 Å². The minimum atomic E-state index is -3.99. The number of nitrogens with one attached hydrogen (secondary N) is 1. The van der Waals surface area contributed by atoms with Crippen molar-refractivity contribution in [3.8, 4) is 0 Å². The van der Waals surface area contributed by atoms with Crippen molar-refractivity contribution in [2.24, 2.45) is 5.92 Å². The molecule has 20 heavy (non-hydrogen) atoms. The van der Waals surface area contributed by atoms with Crippen LogP contribution in [0.1, 0.15) is 19.8 Å². The Bertz CT molecular complexity index is 591. The van der Waals surface area contributed by atoms with E-state index in [1.165, 1.54) is 6.07 Å². The molecule has 0 aromatic heterocycles. The number of carboxylic acid groups (broad SMARTS) is 1. The van der Waals surface area contributed by atoms with E-state index in [4.69, 9.17) is 5.11 Å². The predicted octanol–water partition coefficient (Wildman–Crippen LogP) is 2.37. The van der Waals surface area contributed by atoms with Gasteiger partial charge in [-0.1, -0.05) is 29.3 Å². The van der Waals surface area contributed by atoms with Gasteiger partial charge in [0, 0.05) is 17.4 Å². The van der Waals surface area contributed by atoms with Crippen LogP contribution in [0.4, 0.5) is 4.39 Å². The normalized spacial score (nSPS) is 13.2. The summed E-state index contributed by atoms with van der Waals surface area (Å²) in [6.07, 6.45) is 0.374. The first-order valence-electron chi connectivity index (χ1n) is 5.92. The van der Waals surface area contributed by atoms with E-state index in [9.17, 15) is 17.6 Å². The summed E-state index contributed by atoms with van der Waals surface area (Å²) in [5.74, 6) is -2.19. The third kappa shape index (κ3) is 4.84. The zero-order valence-electron chi connectivity index (χ0n) is 10.8. The summed E-state index contributed by atoms with van der Waals surface area (Å²) >= 11 is 3.04. The van der Waals surface area contributed by atoms with Gasteiger partial charge < -0.3 is 5.11 Å². The Labute approximate surface area is 125 Å². The fraction of sp³-hybridized carbons (Fsp3) is 0.417. The number of carboxylic acids is 1. The van der Waals surface area contributed by atoms with Gasteiger partial charge in [0.15, 0.2) is 0 Å². The molecule has 0 saturated heterocycles. The van der Waals surface area contributed by atoms with Crippen LogP contribution in [0.3, 0.4) is 0 Å². The number of sulfonamides is 1. The van der Waals surface area contributed by atoms with Crippen LogP contribution in [0.2, 0.25) is 0 Å². The molecule has 1 aromatic rings. The lowest BCUT2D eigenvalue weighted by atomic mass is 10.0. The Morgan fingerprint density at radius 3 is 2.65 bits per heavy atom. The molecule has 0 saturated carbocycles. The van der Waals surface area contributed by atoms with Gasteiger partial charge in [0.1, 0.15) is 10.7 Å². The molecular weight excluding hydrogens is 353 g/mol. The van der Waals surface area contributed by atoms with Crippen molar-refractivity contribution < 1.29 is 22.7 Å². The van der Waals surface area contributed by atoms with Gasteiger partial charge in [-0.3, -0.25) is 4.79 Å². The van der Waals surface area contributed by atoms with E-state index in [1.54, 1.807) is 6.92 Å². The van der Waals surface area contributed by atoms with E-state index < -0.39 is 26.7 Å². The minimum absolute atomic E-state index is 0.0410. The van der Waals surface area contributed by atoms with Crippen LogP contribution < -0.4 is 4.72 Å². The van der Waals surface area contributed by atoms with Crippen LogP contribution in [0.25, 0.3) is 0 Å². The van der Waals surface area contributed by atoms with Crippen LogP contribution in [0.15, 0.2) is 27.6 Å². The Morgan fingerprint density at radius 1 is 1.50 bits per heavy atom. The molecule has 5 nitrogen and oxygen atoms in total. The summed E-state index contributed by atoms with van der Waals surface area (Å²) in [6.45, 7) is 1.72. The smallest absolute Gasteiger partial charge is 0.303 e. The largest absolute Gasteiger partial charge is 0.481 e. The molecule has 0 aliphatic carbocycles. The van der Waals surface area contributed by atoms with E-state index in [1.807, 2.05) is 0 Å². The van der Waals surface area contributed by atoms with E-state index in [0.717, 1.165) is 12.1 Å². The van der Waals surface area contributed by atoms with Gasteiger partial charge in [-0.15, -0.1) is 0 Å². The summed E-state index contributed by atoms with van der Waals surface area (Å²) < 4.78 is 40.2. The molecule has 0 bridgehead atoms. The van der Waals surface area contributed by atoms with Gasteiger partial charge in [-0.05, 0) is 24.1 Å². The number of carbonyl (C=O) groups is 1. The summed E-state index contributed by atoms with van der Waals surface area (Å²) in [5.41, 5.74) is 0. The Kier molecular flexibility index (Phi) is 6.09. The average molecular weight is 368 g/mol. The molecule has 1 rings (SSSR count). The van der Waals surface area contributed by atoms with Gasteiger partial charge in [-0.25, -0.2) is 17.5 Å². The third-order valence-corrected chi connectivity index (χ3v) is 4.74. The van der Waals surface area contributed by atoms with E-state index >= 15 is 0 Å². The highest BCUT2D eigenvalue weighted by Gasteiger charge is 2.21. The fourth-order valence-electron chi connectivity index (χ4n) is 1.61. The molecule has 0 heterocycles. The molecule has 0 aliphatic heterocycles. The number of aliphatic carboxylic acids is 1. The molecule has 1 atom stereocenters. The number of hydrogen-bond acceptors (Lipinski definition) is 3. The quantitative estimate of drug-likeness (QED) is 0.774. The zero-order valence-corrected chi connectivity index (χ0v) is 13.2. The number of halogens is 2. The van der Waals surface area contributed by atoms with Crippen LogP contribution in [0.5, 0.6) is 0 Å². The second-order valence-corrected chi connectivity index (χ2v) is 6.95. The molecule has 112 valence electrons. The first kappa shape index (κ1) is 17.1. The molecule has 1 unspecified atom stereocenters. The van der Waals surface area contributed by atoms with Gasteiger partial charge in [0.2, 0.25) is 10.0 Å². The molecule has 2 N–H and O–H groups in total. The lowest BCUT2D eigenvalue weighted by Crippen LogP contribution is -2.30. The zero-order chi connectivity index (χ0) is 15.3. The molecule has 0 aliphatic rings. The monoisotopic (exact) mass is 367 g/mol. The molecular formula is C12H15BrFNO4S. The summed E-state index contributed by atoms with van der Waals surface area (Å²) in [5, 5.41) is 8.69. The van der Waals surface area contributed by atoms with Gasteiger partial charge in [0.25, 0.3) is 0 Å². The maximum absolute atomic E-state index is 13.6. The SMILES string of the molecule is CCC(CNS(=O)(=O)c1ccc(Br)cc1F)CC(=O)O. The highest BCUT2D eigenvalue weighted by Crippen LogP contribution is 2.19. The second-order valence-electron chi connectivity index (χ2n) is 4.30. The second kappa shape index (κ2) is 7.14. The summed E-state index contributed by atoms with van der Waals surface area (Å²) in [7, 11) is -3.99. The lowest BCUT2D eigenvalue weighted by molar-refractivity contribution is -0.138. The van der Waals surface area contributed by atoms with Gasteiger partial charge in [0.05, 0.1) is 0 Å². The van der Waals surface area contributed by atoms with Crippen LogP contribution in [-0.2, 0) is 14.8 Å². The Morgan fingerprint density at radius 2 is 2.15 bits per heavy atom. The van der Waals surface area contributed by atoms with Crippen molar-refractivity contribution in [3.63, 3.8) is 0 Å². The van der Waals surface area contributed by atoms with Crippen molar-refractivity contribution in [2.75, 3.05) is 6.54 Å². The van der Waals surface area contributed by atoms with Crippen molar-refractivity contribution in [2.45, 2.75) is 24.7 Å². The standard InChI is InChI=1S/C12H15BrFNO4S/c1-2-8(5-12(16)17)7-15-20(18,19)11-4-3-9(13)6-10(11)14/h3-4,6,8,15H,2,5,7H2,1H3,(H,16,17). The van der Waals surface area contributed by atoms with Crippen molar-refractivity contribution in [1.29, 1.82) is 0 Å². The summed E-state index contributed by atoms with van der Waals surface area (Å²) in [6, 6.07) is 3.63. The Hall–Kier alpha value is -0.990. The number of rotatable bonds is 7. The van der Waals surface area contributed by atoms with Gasteiger partial charge in [-0.2, -0.15) is 0 Å². The van der Waals surface area contributed by atoms with Crippen molar-refractivity contribution in [3.05, 3.63) is 28.5 Å². The van der Waals surface area contributed by atoms with Gasteiger partial charge >= 0.3 is 5.97 Å². The van der Waals surface area contributed by atoms with E-state index in [0.29, 0.717) is 10.9 Å². The third-order valence-electron chi connectivity index (χ3n) is 2.79. The molecule has 8 heteroatoms. The van der Waals surface area contributed by atoms with E-state index in [-0.39, 0.29) is 18.9 Å². The first-order valence-corrected chi connectivity index (χ1v) is 8.20. The Balaban J connectivity index is 2.82. The van der Waals surface area contributed by atoms with Crippen molar-refractivity contribution in [1.82, 2.24) is 4.72 Å².